The van der Waals surface area contributed by atoms with Crippen LogP contribution < -0.4 is 10.1 Å². The Morgan fingerprint density at radius 2 is 2.00 bits per heavy atom. The summed E-state index contributed by atoms with van der Waals surface area (Å²) in [5, 5.41) is 4.04. The molecule has 24 heavy (non-hydrogen) atoms. The summed E-state index contributed by atoms with van der Waals surface area (Å²) in [6.07, 6.45) is 0. The number of hydrogen-bond acceptors (Lipinski definition) is 5. The van der Waals surface area contributed by atoms with Crippen molar-refractivity contribution in [3.8, 4) is 5.75 Å². The van der Waals surface area contributed by atoms with Crippen molar-refractivity contribution in [2.24, 2.45) is 0 Å². The van der Waals surface area contributed by atoms with Crippen LogP contribution in [0.25, 0.3) is 0 Å². The number of halogens is 2. The number of thiophene rings is 1. The van der Waals surface area contributed by atoms with E-state index in [0.717, 1.165) is 16.9 Å². The lowest BCUT2D eigenvalue weighted by molar-refractivity contribution is -0.118. The van der Waals surface area contributed by atoms with Gasteiger partial charge in [0.25, 0.3) is 5.91 Å². The van der Waals surface area contributed by atoms with Gasteiger partial charge < -0.3 is 14.8 Å². The van der Waals surface area contributed by atoms with Gasteiger partial charge in [-0.2, -0.15) is 0 Å². The molecule has 0 spiro atoms. The van der Waals surface area contributed by atoms with Gasteiger partial charge in [-0.15, -0.1) is 11.3 Å². The van der Waals surface area contributed by atoms with E-state index in [1.165, 1.54) is 6.07 Å². The van der Waals surface area contributed by atoms with Crippen LogP contribution in [-0.2, 0) is 9.53 Å². The van der Waals surface area contributed by atoms with E-state index in [0.29, 0.717) is 32.3 Å². The fourth-order valence-electron chi connectivity index (χ4n) is 1.85. The van der Waals surface area contributed by atoms with Crippen molar-refractivity contribution in [2.45, 2.75) is 13.8 Å². The van der Waals surface area contributed by atoms with Crippen molar-refractivity contribution in [1.82, 2.24) is 0 Å². The average molecular weight is 388 g/mol. The number of hydrogen-bond donors (Lipinski definition) is 1. The summed E-state index contributed by atoms with van der Waals surface area (Å²) in [4.78, 5) is 24.2. The highest BCUT2D eigenvalue weighted by Crippen LogP contribution is 2.29. The summed E-state index contributed by atoms with van der Waals surface area (Å²) in [6, 6.07) is 6.45. The molecule has 1 amide bonds. The number of rotatable bonds is 6. The molecule has 5 nitrogen and oxygen atoms in total. The van der Waals surface area contributed by atoms with E-state index in [4.69, 9.17) is 32.7 Å². The smallest absolute Gasteiger partial charge is 0.348 e. The van der Waals surface area contributed by atoms with Crippen LogP contribution in [0, 0.1) is 6.92 Å². The van der Waals surface area contributed by atoms with Crippen molar-refractivity contribution >= 4 is 51.4 Å². The first-order chi connectivity index (χ1) is 11.4. The zero-order chi connectivity index (χ0) is 17.7. The quantitative estimate of drug-likeness (QED) is 0.737. The zero-order valence-electron chi connectivity index (χ0n) is 13.0. The third-order valence-corrected chi connectivity index (χ3v) is 4.56. The molecule has 2 aromatic rings. The van der Waals surface area contributed by atoms with Gasteiger partial charge in [-0.1, -0.05) is 23.2 Å². The van der Waals surface area contributed by atoms with E-state index >= 15 is 0 Å². The van der Waals surface area contributed by atoms with Gasteiger partial charge in [0.2, 0.25) is 0 Å². The average Bonchev–Trinajstić information content (AvgIpc) is 2.87. The highest BCUT2D eigenvalue weighted by atomic mass is 35.5. The molecule has 0 aliphatic carbocycles. The first kappa shape index (κ1) is 18.6. The molecule has 1 heterocycles. The van der Waals surface area contributed by atoms with Crippen LogP contribution in [0.1, 0.15) is 22.2 Å². The van der Waals surface area contributed by atoms with E-state index < -0.39 is 5.97 Å². The highest BCUT2D eigenvalue weighted by molar-refractivity contribution is 7.18. The summed E-state index contributed by atoms with van der Waals surface area (Å²) in [7, 11) is 0. The van der Waals surface area contributed by atoms with E-state index in [2.05, 4.69) is 5.32 Å². The molecule has 8 heteroatoms. The van der Waals surface area contributed by atoms with Crippen LogP contribution in [0.4, 0.5) is 5.00 Å². The Bertz CT molecular complexity index is 761. The van der Waals surface area contributed by atoms with Crippen molar-refractivity contribution in [3.05, 3.63) is 44.8 Å². The third-order valence-electron chi connectivity index (χ3n) is 2.89. The van der Waals surface area contributed by atoms with Crippen molar-refractivity contribution in [2.75, 3.05) is 18.5 Å². The third kappa shape index (κ3) is 4.87. The van der Waals surface area contributed by atoms with E-state index in [9.17, 15) is 9.59 Å². The molecule has 0 radical (unpaired) electrons. The maximum absolute atomic E-state index is 12.0. The number of carbonyl (C=O) groups excluding carboxylic acids is 2. The maximum atomic E-state index is 12.0. The Hall–Kier alpha value is -1.76. The molecular formula is C16H15Cl2NO4S. The normalized spacial score (nSPS) is 10.3. The Morgan fingerprint density at radius 3 is 2.67 bits per heavy atom. The van der Waals surface area contributed by atoms with Crippen molar-refractivity contribution in [1.29, 1.82) is 0 Å². The minimum atomic E-state index is -0.398. The minimum absolute atomic E-state index is 0.215. The molecule has 1 aromatic heterocycles. The molecular weight excluding hydrogens is 373 g/mol. The highest BCUT2D eigenvalue weighted by Gasteiger charge is 2.16. The van der Waals surface area contributed by atoms with Crippen LogP contribution in [0.15, 0.2) is 24.3 Å². The Balaban J connectivity index is 1.95. The number of esters is 1. The molecule has 2 rings (SSSR count). The van der Waals surface area contributed by atoms with Gasteiger partial charge >= 0.3 is 5.97 Å². The first-order valence-corrected chi connectivity index (χ1v) is 8.63. The summed E-state index contributed by atoms with van der Waals surface area (Å²) in [5.41, 5.74) is 0.746. The van der Waals surface area contributed by atoms with Crippen molar-refractivity contribution in [3.63, 3.8) is 0 Å². The number of carbonyl (C=O) groups is 2. The Morgan fingerprint density at radius 1 is 1.25 bits per heavy atom. The Labute approximate surface area is 153 Å². The van der Waals surface area contributed by atoms with Crippen molar-refractivity contribution < 1.29 is 19.1 Å². The zero-order valence-corrected chi connectivity index (χ0v) is 15.3. The molecule has 0 aliphatic heterocycles. The second-order valence-electron chi connectivity index (χ2n) is 4.75. The maximum Gasteiger partial charge on any atom is 0.348 e. The fourth-order valence-corrected chi connectivity index (χ4v) is 3.30. The number of nitrogens with one attached hydrogen (secondary N) is 1. The van der Waals surface area contributed by atoms with Crippen LogP contribution in [-0.4, -0.2) is 25.1 Å². The lowest BCUT2D eigenvalue weighted by atomic mass is 10.3. The van der Waals surface area contributed by atoms with Gasteiger partial charge in [0.05, 0.1) is 16.6 Å². The first-order valence-electron chi connectivity index (χ1n) is 7.06. The number of aryl methyl sites for hydroxylation is 1. The summed E-state index contributed by atoms with van der Waals surface area (Å²) >= 11 is 12.9. The SMILES string of the molecule is CCOC(=O)c1sc(NC(=O)COc2ccc(Cl)cc2Cl)cc1C. The fraction of sp³-hybridized carbons (Fsp3) is 0.250. The van der Waals surface area contributed by atoms with Gasteiger partial charge in [0, 0.05) is 5.02 Å². The van der Waals surface area contributed by atoms with Gasteiger partial charge in [-0.05, 0) is 43.7 Å². The largest absolute Gasteiger partial charge is 0.482 e. The molecule has 1 aromatic carbocycles. The topological polar surface area (TPSA) is 64.6 Å². The monoisotopic (exact) mass is 387 g/mol. The molecule has 1 N–H and O–H groups in total. The second kappa shape index (κ2) is 8.37. The summed E-state index contributed by atoms with van der Waals surface area (Å²) in [5.74, 6) is -0.395. The standard InChI is InChI=1S/C16H15Cl2NO4S/c1-3-22-16(21)15-9(2)6-14(24-15)19-13(20)8-23-12-5-4-10(17)7-11(12)18/h4-7H,3,8H2,1-2H3,(H,19,20). The molecule has 0 saturated carbocycles. The molecule has 0 atom stereocenters. The number of anilines is 1. The minimum Gasteiger partial charge on any atom is -0.482 e. The van der Waals surface area contributed by atoms with Crippen LogP contribution >= 0.6 is 34.5 Å². The van der Waals surface area contributed by atoms with E-state index in [1.807, 2.05) is 0 Å². The number of amides is 1. The lowest BCUT2D eigenvalue weighted by Gasteiger charge is -2.08. The van der Waals surface area contributed by atoms with Gasteiger partial charge in [0.1, 0.15) is 10.6 Å². The van der Waals surface area contributed by atoms with Crippen LogP contribution in [0.3, 0.4) is 0 Å². The Kier molecular flexibility index (Phi) is 6.48. The predicted octanol–water partition coefficient (Wildman–Crippen LogP) is 4.56. The molecule has 0 aliphatic rings. The van der Waals surface area contributed by atoms with Crippen LogP contribution in [0.5, 0.6) is 5.75 Å². The van der Waals surface area contributed by atoms with Gasteiger partial charge in [0.15, 0.2) is 6.61 Å². The summed E-state index contributed by atoms with van der Waals surface area (Å²) in [6.45, 7) is 3.60. The molecule has 0 saturated heterocycles. The second-order valence-corrected chi connectivity index (χ2v) is 6.65. The van der Waals surface area contributed by atoms with Gasteiger partial charge in [-0.25, -0.2) is 4.79 Å². The van der Waals surface area contributed by atoms with E-state index in [1.54, 1.807) is 32.0 Å². The molecule has 0 bridgehead atoms. The number of benzene rings is 1. The van der Waals surface area contributed by atoms with E-state index in [-0.39, 0.29) is 12.5 Å². The number of ether oxygens (including phenoxy) is 2. The molecule has 128 valence electrons. The molecule has 0 unspecified atom stereocenters. The van der Waals surface area contributed by atoms with Crippen LogP contribution in [0.2, 0.25) is 10.0 Å². The lowest BCUT2D eigenvalue weighted by Crippen LogP contribution is -2.19. The summed E-state index contributed by atoms with van der Waals surface area (Å²) < 4.78 is 10.3. The molecule has 0 fully saturated rings. The predicted molar refractivity (Wildman–Crippen MR) is 95.6 cm³/mol. The van der Waals surface area contributed by atoms with Gasteiger partial charge in [-0.3, -0.25) is 4.79 Å².